The minimum atomic E-state index is -0.235. The maximum atomic E-state index is 12.9. The molecule has 1 unspecified atom stereocenters. The van der Waals surface area contributed by atoms with Gasteiger partial charge in [-0.25, -0.2) is 4.68 Å². The van der Waals surface area contributed by atoms with Crippen molar-refractivity contribution in [2.45, 2.75) is 70.0 Å². The number of hydrogen-bond donors (Lipinski definition) is 1. The Morgan fingerprint density at radius 3 is 2.77 bits per heavy atom. The summed E-state index contributed by atoms with van der Waals surface area (Å²) in [6, 6.07) is 7.89. The van der Waals surface area contributed by atoms with Crippen LogP contribution in [-0.4, -0.2) is 32.9 Å². The molecule has 0 fully saturated rings. The molecule has 0 bridgehead atoms. The molecule has 1 atom stereocenters. The van der Waals surface area contributed by atoms with Crippen LogP contribution in [0.3, 0.4) is 0 Å². The molecule has 0 radical (unpaired) electrons. The molecule has 1 aliphatic heterocycles. The first-order valence-corrected chi connectivity index (χ1v) is 12.0. The van der Waals surface area contributed by atoms with Crippen molar-refractivity contribution >= 4 is 23.5 Å². The number of rotatable bonds is 9. The molecule has 2 heterocycles. The Bertz CT molecular complexity index is 920. The predicted octanol–water partition coefficient (Wildman–Crippen LogP) is 5.37. The Morgan fingerprint density at radius 1 is 1.17 bits per heavy atom. The van der Waals surface area contributed by atoms with Gasteiger partial charge in [-0.05, 0) is 42.7 Å². The summed E-state index contributed by atoms with van der Waals surface area (Å²) in [5.74, 6) is 2.70. The lowest BCUT2D eigenvalue weighted by Gasteiger charge is -2.32. The van der Waals surface area contributed by atoms with Gasteiger partial charge in [0.1, 0.15) is 11.8 Å². The van der Waals surface area contributed by atoms with Gasteiger partial charge in [-0.15, -0.1) is 5.10 Å². The van der Waals surface area contributed by atoms with Gasteiger partial charge in [0.25, 0.3) is 0 Å². The van der Waals surface area contributed by atoms with Gasteiger partial charge in [-0.2, -0.15) is 4.98 Å². The van der Waals surface area contributed by atoms with Crippen LogP contribution in [0.5, 0.6) is 5.75 Å². The third kappa shape index (κ3) is 4.41. The van der Waals surface area contributed by atoms with E-state index < -0.39 is 0 Å². The Morgan fingerprint density at radius 2 is 2.00 bits per heavy atom. The molecule has 0 saturated carbocycles. The second kappa shape index (κ2) is 9.69. The molecule has 2 aliphatic rings. The fourth-order valence-corrected chi connectivity index (χ4v) is 4.66. The summed E-state index contributed by atoms with van der Waals surface area (Å²) in [4.78, 5) is 17.5. The van der Waals surface area contributed by atoms with E-state index >= 15 is 0 Å². The van der Waals surface area contributed by atoms with Gasteiger partial charge in [-0.1, -0.05) is 57.0 Å². The molecule has 7 heteroatoms. The minimum Gasteiger partial charge on any atom is -0.494 e. The van der Waals surface area contributed by atoms with Crippen molar-refractivity contribution in [1.29, 1.82) is 0 Å². The number of fused-ring (bicyclic) bond motifs is 1. The van der Waals surface area contributed by atoms with Crippen LogP contribution in [-0.2, 0) is 4.79 Å². The summed E-state index contributed by atoms with van der Waals surface area (Å²) >= 11 is 1.61. The predicted molar refractivity (Wildman–Crippen MR) is 120 cm³/mol. The summed E-state index contributed by atoms with van der Waals surface area (Å²) in [5.41, 5.74) is 2.87. The van der Waals surface area contributed by atoms with Crippen LogP contribution in [0.25, 0.3) is 0 Å². The van der Waals surface area contributed by atoms with Crippen LogP contribution in [0.15, 0.2) is 40.7 Å². The molecular weight excluding hydrogens is 396 g/mol. The number of unbranched alkanes of at least 4 members (excludes halogenated alkanes) is 3. The highest BCUT2D eigenvalue weighted by molar-refractivity contribution is 7.99. The second-order valence-corrected chi connectivity index (χ2v) is 9.00. The smallest absolute Gasteiger partial charge is 0.227 e. The van der Waals surface area contributed by atoms with E-state index in [1.54, 1.807) is 11.8 Å². The number of nitrogens with zero attached hydrogens (tertiary/aromatic N) is 3. The van der Waals surface area contributed by atoms with Crippen LogP contribution in [0.2, 0.25) is 0 Å². The first-order valence-electron chi connectivity index (χ1n) is 11.1. The summed E-state index contributed by atoms with van der Waals surface area (Å²) < 4.78 is 7.77. The third-order valence-electron chi connectivity index (χ3n) is 5.58. The maximum Gasteiger partial charge on any atom is 0.227 e. The third-order valence-corrected chi connectivity index (χ3v) is 6.30. The van der Waals surface area contributed by atoms with E-state index in [1.165, 1.54) is 19.3 Å². The number of carbonyl (C=O) groups is 1. The fourth-order valence-electron chi connectivity index (χ4n) is 4.10. The summed E-state index contributed by atoms with van der Waals surface area (Å²) in [7, 11) is 0. The van der Waals surface area contributed by atoms with Gasteiger partial charge in [0.15, 0.2) is 5.78 Å². The van der Waals surface area contributed by atoms with Crippen molar-refractivity contribution in [2.24, 2.45) is 0 Å². The van der Waals surface area contributed by atoms with Crippen LogP contribution < -0.4 is 10.1 Å². The van der Waals surface area contributed by atoms with E-state index in [4.69, 9.17) is 9.84 Å². The molecule has 6 nitrogen and oxygen atoms in total. The molecule has 30 heavy (non-hydrogen) atoms. The van der Waals surface area contributed by atoms with Crippen LogP contribution >= 0.6 is 11.8 Å². The van der Waals surface area contributed by atoms with Crippen molar-refractivity contribution < 1.29 is 9.53 Å². The average molecular weight is 427 g/mol. The fraction of sp³-hybridized carbons (Fsp3) is 0.522. The van der Waals surface area contributed by atoms with E-state index in [9.17, 15) is 4.79 Å². The Hall–Kier alpha value is -2.28. The maximum absolute atomic E-state index is 12.9. The van der Waals surface area contributed by atoms with Crippen LogP contribution in [0.4, 0.5) is 5.95 Å². The normalized spacial score (nSPS) is 18.1. The Labute approximate surface area is 182 Å². The van der Waals surface area contributed by atoms with Crippen molar-refractivity contribution in [2.75, 3.05) is 17.7 Å². The van der Waals surface area contributed by atoms with Gasteiger partial charge in [0.05, 0.1) is 6.61 Å². The van der Waals surface area contributed by atoms with Crippen molar-refractivity contribution in [3.63, 3.8) is 0 Å². The molecule has 1 aliphatic carbocycles. The molecule has 1 aromatic heterocycles. The van der Waals surface area contributed by atoms with E-state index in [2.05, 4.69) is 36.3 Å². The average Bonchev–Trinajstić information content (AvgIpc) is 3.15. The number of nitrogens with one attached hydrogen (secondary N) is 1. The van der Waals surface area contributed by atoms with Crippen molar-refractivity contribution in [1.82, 2.24) is 14.8 Å². The number of allylic oxidation sites excluding steroid dienone is 2. The molecule has 0 saturated heterocycles. The first kappa shape index (κ1) is 21.0. The topological polar surface area (TPSA) is 69.0 Å². The zero-order chi connectivity index (χ0) is 20.9. The van der Waals surface area contributed by atoms with Crippen molar-refractivity contribution in [3.05, 3.63) is 41.1 Å². The minimum absolute atomic E-state index is 0.204. The Kier molecular flexibility index (Phi) is 6.77. The van der Waals surface area contributed by atoms with E-state index in [1.807, 2.05) is 16.8 Å². The largest absolute Gasteiger partial charge is 0.494 e. The van der Waals surface area contributed by atoms with Crippen LogP contribution in [0, 0.1) is 0 Å². The molecule has 0 amide bonds. The second-order valence-electron chi connectivity index (χ2n) is 7.77. The lowest BCUT2D eigenvalue weighted by atomic mass is 9.85. The van der Waals surface area contributed by atoms with Crippen LogP contribution in [0.1, 0.15) is 70.4 Å². The quantitative estimate of drug-likeness (QED) is 0.429. The lowest BCUT2D eigenvalue weighted by Crippen LogP contribution is -2.31. The van der Waals surface area contributed by atoms with Gasteiger partial charge >= 0.3 is 0 Å². The summed E-state index contributed by atoms with van der Waals surface area (Å²) in [5, 5.41) is 8.83. The van der Waals surface area contributed by atoms with Gasteiger partial charge < -0.3 is 10.1 Å². The highest BCUT2D eigenvalue weighted by Gasteiger charge is 2.36. The van der Waals surface area contributed by atoms with Gasteiger partial charge in [-0.3, -0.25) is 4.79 Å². The number of thioether (sulfide) groups is 1. The molecule has 2 aromatic rings. The van der Waals surface area contributed by atoms with Gasteiger partial charge in [0.2, 0.25) is 11.1 Å². The highest BCUT2D eigenvalue weighted by Crippen LogP contribution is 2.40. The Balaban J connectivity index is 1.59. The van der Waals surface area contributed by atoms with E-state index in [-0.39, 0.29) is 11.8 Å². The summed E-state index contributed by atoms with van der Waals surface area (Å²) in [6.07, 6.45) is 7.11. The van der Waals surface area contributed by atoms with Crippen molar-refractivity contribution in [3.8, 4) is 5.75 Å². The molecule has 1 aromatic carbocycles. The molecular formula is C23H30N4O2S. The molecule has 160 valence electrons. The molecule has 4 rings (SSSR count). The number of Topliss-reactive ketones (excluding diaryl/α,β-unsaturated/α-hetero) is 1. The molecule has 1 N–H and O–H groups in total. The SMILES string of the molecule is CCCCCCOc1ccc(C2C3=C(CCCC3=O)Nc3nc(SCC)nn32)cc1. The zero-order valence-corrected chi connectivity index (χ0v) is 18.6. The standard InChI is InChI=1S/C23H30N4O2S/c1-3-5-6-7-15-29-17-13-11-16(12-14-17)21-20-18(9-8-10-19(20)28)24-22-25-23(30-4-2)26-27(21)22/h11-14,21H,3-10,15H2,1-2H3,(H,24,25,26). The zero-order valence-electron chi connectivity index (χ0n) is 17.8. The number of ether oxygens (including phenoxy) is 1. The van der Waals surface area contributed by atoms with E-state index in [0.717, 1.165) is 65.3 Å². The number of anilines is 1. The monoisotopic (exact) mass is 426 g/mol. The number of hydrogen-bond acceptors (Lipinski definition) is 6. The lowest BCUT2D eigenvalue weighted by molar-refractivity contribution is -0.116. The highest BCUT2D eigenvalue weighted by atomic mass is 32.2. The summed E-state index contributed by atoms with van der Waals surface area (Å²) in [6.45, 7) is 5.04. The number of ketones is 1. The van der Waals surface area contributed by atoms with Gasteiger partial charge in [0, 0.05) is 17.7 Å². The molecule has 0 spiro atoms. The number of carbonyl (C=O) groups excluding carboxylic acids is 1. The number of aromatic nitrogens is 3. The number of benzene rings is 1. The first-order chi connectivity index (χ1) is 14.7. The van der Waals surface area contributed by atoms with E-state index in [0.29, 0.717) is 6.42 Å².